The van der Waals surface area contributed by atoms with E-state index in [4.69, 9.17) is 9.97 Å². The van der Waals surface area contributed by atoms with E-state index in [9.17, 15) is 10.5 Å². The monoisotopic (exact) mass is 613 g/mol. The fourth-order valence-corrected chi connectivity index (χ4v) is 7.49. The minimum atomic E-state index is -0.101. The summed E-state index contributed by atoms with van der Waals surface area (Å²) in [4.78, 5) is 12.4. The van der Waals surface area contributed by atoms with Gasteiger partial charge >= 0.3 is 0 Å². The number of nitriles is 2. The predicted molar refractivity (Wildman–Crippen MR) is 194 cm³/mol. The van der Waals surface area contributed by atoms with E-state index in [0.717, 1.165) is 49.4 Å². The Morgan fingerprint density at radius 3 is 1.60 bits per heavy atom. The zero-order valence-corrected chi connectivity index (χ0v) is 26.4. The van der Waals surface area contributed by atoms with E-state index in [2.05, 4.69) is 134 Å². The molecule has 0 amide bonds. The van der Waals surface area contributed by atoms with E-state index in [-0.39, 0.29) is 5.41 Å². The maximum Gasteiger partial charge on any atom is 0.101 e. The van der Waals surface area contributed by atoms with Crippen molar-refractivity contribution < 1.29 is 0 Å². The molecular formula is C43H27N5. The molecule has 48 heavy (non-hydrogen) atoms. The number of anilines is 3. The summed E-state index contributed by atoms with van der Waals surface area (Å²) >= 11 is 0. The Morgan fingerprint density at radius 2 is 1.02 bits per heavy atom. The Labute approximate surface area is 277 Å². The summed E-state index contributed by atoms with van der Waals surface area (Å²) in [6.07, 6.45) is 0. The van der Waals surface area contributed by atoms with Gasteiger partial charge < -0.3 is 4.90 Å². The van der Waals surface area contributed by atoms with Gasteiger partial charge in [-0.3, -0.25) is 0 Å². The number of aromatic nitrogens is 2. The van der Waals surface area contributed by atoms with Gasteiger partial charge in [-0.1, -0.05) is 98.8 Å². The highest BCUT2D eigenvalue weighted by molar-refractivity contribution is 6.24. The van der Waals surface area contributed by atoms with Crippen molar-refractivity contribution in [2.75, 3.05) is 4.90 Å². The molecule has 5 heteroatoms. The van der Waals surface area contributed by atoms with Crippen LogP contribution in [-0.2, 0) is 5.41 Å². The normalized spacial score (nSPS) is 13.3. The number of rotatable bonds is 2. The Kier molecular flexibility index (Phi) is 5.91. The van der Waals surface area contributed by atoms with E-state index >= 15 is 0 Å². The number of hydrogen-bond acceptors (Lipinski definition) is 5. The Hall–Kier alpha value is -6.56. The Morgan fingerprint density at radius 1 is 0.521 bits per heavy atom. The van der Waals surface area contributed by atoms with Crippen molar-refractivity contribution in [2.45, 2.75) is 19.3 Å². The van der Waals surface area contributed by atoms with Gasteiger partial charge in [0.05, 0.1) is 44.6 Å². The first-order valence-corrected chi connectivity index (χ1v) is 16.0. The summed E-state index contributed by atoms with van der Waals surface area (Å²) in [6, 6.07) is 48.6. The van der Waals surface area contributed by atoms with Crippen LogP contribution in [0.5, 0.6) is 0 Å². The van der Waals surface area contributed by atoms with Crippen molar-refractivity contribution in [1.29, 1.82) is 10.5 Å². The predicted octanol–water partition coefficient (Wildman–Crippen LogP) is 10.6. The number of benzene rings is 7. The molecule has 2 heterocycles. The topological polar surface area (TPSA) is 76.6 Å². The quantitative estimate of drug-likeness (QED) is 0.143. The lowest BCUT2D eigenvalue weighted by atomic mass is 9.73. The molecule has 0 fully saturated rings. The molecule has 0 atom stereocenters. The first-order valence-electron chi connectivity index (χ1n) is 16.0. The van der Waals surface area contributed by atoms with Gasteiger partial charge in [0.15, 0.2) is 0 Å². The van der Waals surface area contributed by atoms with Crippen LogP contribution in [0.2, 0.25) is 0 Å². The molecule has 1 aromatic heterocycles. The van der Waals surface area contributed by atoms with Gasteiger partial charge in [-0.05, 0) is 75.5 Å². The van der Waals surface area contributed by atoms with Crippen LogP contribution in [0.15, 0.2) is 127 Å². The van der Waals surface area contributed by atoms with Crippen LogP contribution in [0.1, 0.15) is 36.1 Å². The SMILES string of the molecule is CC1(C)c2ccccc2N(c2ccc(-c3ccc4c(c3)c3ccccc3c3nc5cc(C#N)c(C#N)cc5nc43)cc2)c2ccccc21. The van der Waals surface area contributed by atoms with Crippen LogP contribution in [0, 0.1) is 22.7 Å². The van der Waals surface area contributed by atoms with E-state index in [1.54, 1.807) is 12.1 Å². The van der Waals surface area contributed by atoms with Gasteiger partial charge in [0.1, 0.15) is 12.1 Å². The average Bonchev–Trinajstić information content (AvgIpc) is 3.14. The summed E-state index contributed by atoms with van der Waals surface area (Å²) in [5.74, 6) is 0. The highest BCUT2D eigenvalue weighted by Crippen LogP contribution is 2.51. The highest BCUT2D eigenvalue weighted by Gasteiger charge is 2.36. The van der Waals surface area contributed by atoms with E-state index in [1.165, 1.54) is 22.5 Å². The first kappa shape index (κ1) is 27.7. The molecule has 5 nitrogen and oxygen atoms in total. The Balaban J connectivity index is 1.19. The summed E-state index contributed by atoms with van der Waals surface area (Å²) in [7, 11) is 0. The van der Waals surface area contributed by atoms with Crippen molar-refractivity contribution in [2.24, 2.45) is 0 Å². The van der Waals surface area contributed by atoms with Crippen molar-refractivity contribution >= 4 is 60.7 Å². The number of hydrogen-bond donors (Lipinski definition) is 0. The molecule has 1 aliphatic rings. The van der Waals surface area contributed by atoms with Crippen molar-refractivity contribution in [3.63, 3.8) is 0 Å². The molecule has 0 N–H and O–H groups in total. The van der Waals surface area contributed by atoms with Crippen LogP contribution < -0.4 is 4.90 Å². The van der Waals surface area contributed by atoms with Gasteiger partial charge in [0.25, 0.3) is 0 Å². The Bertz CT molecular complexity index is 2680. The van der Waals surface area contributed by atoms with E-state index in [0.29, 0.717) is 22.2 Å². The van der Waals surface area contributed by atoms with Crippen LogP contribution in [0.4, 0.5) is 17.1 Å². The molecule has 224 valence electrons. The fourth-order valence-electron chi connectivity index (χ4n) is 7.49. The van der Waals surface area contributed by atoms with Crippen LogP contribution in [0.25, 0.3) is 54.7 Å². The fraction of sp³-hybridized carbons (Fsp3) is 0.0698. The number of fused-ring (bicyclic) bond motifs is 9. The molecule has 0 bridgehead atoms. The maximum absolute atomic E-state index is 9.62. The van der Waals surface area contributed by atoms with Gasteiger partial charge in [-0.2, -0.15) is 10.5 Å². The summed E-state index contributed by atoms with van der Waals surface area (Å²) < 4.78 is 0. The van der Waals surface area contributed by atoms with E-state index in [1.807, 2.05) is 12.1 Å². The van der Waals surface area contributed by atoms with Gasteiger partial charge in [-0.15, -0.1) is 0 Å². The zero-order valence-electron chi connectivity index (χ0n) is 26.4. The van der Waals surface area contributed by atoms with Crippen LogP contribution >= 0.6 is 0 Å². The smallest absolute Gasteiger partial charge is 0.101 e. The first-order chi connectivity index (χ1) is 23.5. The molecule has 0 aliphatic carbocycles. The number of para-hydroxylation sites is 2. The summed E-state index contributed by atoms with van der Waals surface area (Å²) in [6.45, 7) is 4.61. The lowest BCUT2D eigenvalue weighted by Crippen LogP contribution is -2.30. The third-order valence-electron chi connectivity index (χ3n) is 9.89. The molecule has 8 aromatic rings. The minimum absolute atomic E-state index is 0.101. The molecule has 9 rings (SSSR count). The molecule has 7 aromatic carbocycles. The molecule has 0 radical (unpaired) electrons. The van der Waals surface area contributed by atoms with Crippen molar-refractivity contribution in [3.8, 4) is 23.3 Å². The summed E-state index contributed by atoms with van der Waals surface area (Å²) in [5, 5.41) is 23.4. The molecule has 1 aliphatic heterocycles. The molecule has 0 unspecified atom stereocenters. The second kappa shape index (κ2) is 10.2. The van der Waals surface area contributed by atoms with Crippen LogP contribution in [-0.4, -0.2) is 9.97 Å². The second-order valence-electron chi connectivity index (χ2n) is 12.9. The highest BCUT2D eigenvalue weighted by atomic mass is 15.2. The molecule has 0 saturated heterocycles. The van der Waals surface area contributed by atoms with Crippen molar-refractivity contribution in [3.05, 3.63) is 150 Å². The summed E-state index contributed by atoms with van der Waals surface area (Å²) in [5.41, 5.74) is 11.6. The minimum Gasteiger partial charge on any atom is -0.310 e. The zero-order chi connectivity index (χ0) is 32.6. The number of nitrogens with zero attached hydrogens (tertiary/aromatic N) is 5. The van der Waals surface area contributed by atoms with Gasteiger partial charge in [0.2, 0.25) is 0 Å². The molecular weight excluding hydrogens is 587 g/mol. The third-order valence-corrected chi connectivity index (χ3v) is 9.89. The van der Waals surface area contributed by atoms with Crippen molar-refractivity contribution in [1.82, 2.24) is 9.97 Å². The second-order valence-corrected chi connectivity index (χ2v) is 12.9. The average molecular weight is 614 g/mol. The largest absolute Gasteiger partial charge is 0.310 e. The molecule has 0 saturated carbocycles. The van der Waals surface area contributed by atoms with E-state index < -0.39 is 0 Å². The third kappa shape index (κ3) is 3.95. The maximum atomic E-state index is 9.62. The van der Waals surface area contributed by atoms with Crippen LogP contribution in [0.3, 0.4) is 0 Å². The molecule has 0 spiro atoms. The lowest BCUT2D eigenvalue weighted by Gasteiger charge is -2.42. The van der Waals surface area contributed by atoms with Gasteiger partial charge in [0, 0.05) is 21.9 Å². The lowest BCUT2D eigenvalue weighted by molar-refractivity contribution is 0.632. The van der Waals surface area contributed by atoms with Gasteiger partial charge in [-0.25, -0.2) is 9.97 Å². The standard InChI is InChI=1S/C43H27N5/c1-43(2)35-11-5-7-13-39(35)48(40-14-8-6-12-36(40)43)30-18-15-26(16-19-30)27-17-20-33-34(21-27)31-9-3-4-10-32(31)41-42(33)47-38-23-29(25-45)28(24-44)22-37(38)46-41/h3-23H,1-2H3.